The predicted molar refractivity (Wildman–Crippen MR) is 123 cm³/mol. The van der Waals surface area contributed by atoms with Crippen molar-refractivity contribution in [3.8, 4) is 5.75 Å². The number of aliphatic hydroxyl groups is 1. The molecule has 0 spiro atoms. The number of thiazole rings is 1. The van der Waals surface area contributed by atoms with Gasteiger partial charge in [0.1, 0.15) is 15.7 Å². The highest BCUT2D eigenvalue weighted by molar-refractivity contribution is 8.00. The molecule has 0 bridgehead atoms. The number of aliphatic hydroxyl groups excluding tert-OH is 1. The molecule has 0 aliphatic rings. The van der Waals surface area contributed by atoms with Gasteiger partial charge in [0.05, 0.1) is 12.6 Å². The summed E-state index contributed by atoms with van der Waals surface area (Å²) in [7, 11) is 0. The highest BCUT2D eigenvalue weighted by Crippen LogP contribution is 2.33. The Morgan fingerprint density at radius 1 is 1.23 bits per heavy atom. The minimum atomic E-state index is -0.479. The van der Waals surface area contributed by atoms with Crippen LogP contribution in [-0.2, 0) is 12.2 Å². The summed E-state index contributed by atoms with van der Waals surface area (Å²) in [5.41, 5.74) is 3.34. The molecule has 160 valence electrons. The SMILES string of the molecule is Cc1csc(SCc2c(C(=O)N[C@@H](CO)Cc3ccc(O)cc3)oc3ccccc23)n1. The highest BCUT2D eigenvalue weighted by Gasteiger charge is 2.23. The molecule has 0 fully saturated rings. The number of carbonyl (C=O) groups excluding carboxylic acids is 1. The highest BCUT2D eigenvalue weighted by atomic mass is 32.2. The van der Waals surface area contributed by atoms with Gasteiger partial charge in [-0.3, -0.25) is 4.79 Å². The van der Waals surface area contributed by atoms with Crippen molar-refractivity contribution in [2.24, 2.45) is 0 Å². The smallest absolute Gasteiger partial charge is 0.287 e. The van der Waals surface area contributed by atoms with Crippen LogP contribution in [0.4, 0.5) is 0 Å². The first-order valence-electron chi connectivity index (χ1n) is 9.78. The topological polar surface area (TPSA) is 95.6 Å². The van der Waals surface area contributed by atoms with E-state index in [0.29, 0.717) is 17.8 Å². The zero-order valence-electron chi connectivity index (χ0n) is 16.9. The van der Waals surface area contributed by atoms with Crippen molar-refractivity contribution in [2.45, 2.75) is 29.5 Å². The molecule has 31 heavy (non-hydrogen) atoms. The van der Waals surface area contributed by atoms with Crippen LogP contribution in [-0.4, -0.2) is 33.8 Å². The fraction of sp³-hybridized carbons (Fsp3) is 0.217. The minimum Gasteiger partial charge on any atom is -0.508 e. The summed E-state index contributed by atoms with van der Waals surface area (Å²) in [6, 6.07) is 13.8. The zero-order chi connectivity index (χ0) is 21.8. The van der Waals surface area contributed by atoms with E-state index in [9.17, 15) is 15.0 Å². The number of rotatable bonds is 8. The van der Waals surface area contributed by atoms with E-state index in [1.165, 1.54) is 0 Å². The number of phenolic OH excluding ortho intramolecular Hbond substituents is 1. The fourth-order valence-corrected chi connectivity index (χ4v) is 5.16. The molecule has 6 nitrogen and oxygen atoms in total. The summed E-state index contributed by atoms with van der Waals surface area (Å²) in [4.78, 5) is 17.6. The molecular formula is C23H22N2O4S2. The van der Waals surface area contributed by atoms with Gasteiger partial charge in [0.15, 0.2) is 5.76 Å². The second kappa shape index (κ2) is 9.55. The maximum atomic E-state index is 13.1. The predicted octanol–water partition coefficient (Wildman–Crippen LogP) is 4.53. The number of carbonyl (C=O) groups is 1. The number of furan rings is 1. The quantitative estimate of drug-likeness (QED) is 0.339. The minimum absolute atomic E-state index is 0.174. The number of fused-ring (bicyclic) bond motifs is 1. The number of thioether (sulfide) groups is 1. The number of amides is 1. The zero-order valence-corrected chi connectivity index (χ0v) is 18.5. The number of nitrogens with zero attached hydrogens (tertiary/aromatic N) is 1. The van der Waals surface area contributed by atoms with Gasteiger partial charge in [0.25, 0.3) is 5.91 Å². The molecule has 3 N–H and O–H groups in total. The van der Waals surface area contributed by atoms with Gasteiger partial charge in [-0.25, -0.2) is 4.98 Å². The first-order chi connectivity index (χ1) is 15.0. The summed E-state index contributed by atoms with van der Waals surface area (Å²) < 4.78 is 6.85. The summed E-state index contributed by atoms with van der Waals surface area (Å²) in [6.45, 7) is 1.74. The normalized spacial score (nSPS) is 12.2. The van der Waals surface area contributed by atoms with Gasteiger partial charge in [0.2, 0.25) is 0 Å². The van der Waals surface area contributed by atoms with Crippen LogP contribution in [0, 0.1) is 6.92 Å². The van der Waals surface area contributed by atoms with Crippen LogP contribution < -0.4 is 5.32 Å². The third-order valence-electron chi connectivity index (χ3n) is 4.82. The summed E-state index contributed by atoms with van der Waals surface area (Å²) in [6.07, 6.45) is 0.436. The van der Waals surface area contributed by atoms with E-state index in [1.807, 2.05) is 36.6 Å². The van der Waals surface area contributed by atoms with Crippen molar-refractivity contribution in [3.05, 3.63) is 76.5 Å². The number of aromatic nitrogens is 1. The largest absolute Gasteiger partial charge is 0.508 e. The van der Waals surface area contributed by atoms with Crippen molar-refractivity contribution in [3.63, 3.8) is 0 Å². The van der Waals surface area contributed by atoms with Crippen LogP contribution >= 0.6 is 23.1 Å². The standard InChI is InChI=1S/C23H22N2O4S2/c1-14-12-30-23(24-14)31-13-19-18-4-2-3-5-20(18)29-21(19)22(28)25-16(11-26)10-15-6-8-17(27)9-7-15/h2-9,12,16,26-27H,10-11,13H2,1H3,(H,25,28)/t16-/m1/s1. The molecular weight excluding hydrogens is 432 g/mol. The maximum absolute atomic E-state index is 13.1. The molecule has 2 heterocycles. The summed E-state index contributed by atoms with van der Waals surface area (Å²) in [5.74, 6) is 0.619. The Labute approximate surface area is 187 Å². The molecule has 2 aromatic heterocycles. The van der Waals surface area contributed by atoms with E-state index in [1.54, 1.807) is 47.4 Å². The lowest BCUT2D eigenvalue weighted by atomic mass is 10.1. The Hall–Kier alpha value is -2.81. The van der Waals surface area contributed by atoms with Crippen molar-refractivity contribution in [2.75, 3.05) is 6.61 Å². The number of hydrogen-bond acceptors (Lipinski definition) is 7. The van der Waals surface area contributed by atoms with E-state index in [0.717, 1.165) is 26.5 Å². The van der Waals surface area contributed by atoms with Crippen molar-refractivity contribution >= 4 is 40.0 Å². The van der Waals surface area contributed by atoms with Crippen LogP contribution in [0.3, 0.4) is 0 Å². The average molecular weight is 455 g/mol. The molecule has 0 saturated carbocycles. The monoisotopic (exact) mass is 454 g/mol. The Morgan fingerprint density at radius 3 is 2.71 bits per heavy atom. The van der Waals surface area contributed by atoms with Crippen LogP contribution in [0.15, 0.2) is 62.7 Å². The van der Waals surface area contributed by atoms with E-state index in [2.05, 4.69) is 10.3 Å². The van der Waals surface area contributed by atoms with Crippen LogP contribution in [0.25, 0.3) is 11.0 Å². The van der Waals surface area contributed by atoms with Crippen LogP contribution in [0.2, 0.25) is 0 Å². The van der Waals surface area contributed by atoms with Gasteiger partial charge in [0, 0.05) is 27.8 Å². The van der Waals surface area contributed by atoms with Crippen molar-refractivity contribution < 1.29 is 19.4 Å². The number of para-hydroxylation sites is 1. The van der Waals surface area contributed by atoms with E-state index in [4.69, 9.17) is 4.42 Å². The molecule has 0 aliphatic carbocycles. The van der Waals surface area contributed by atoms with Gasteiger partial charge in [-0.2, -0.15) is 0 Å². The van der Waals surface area contributed by atoms with Gasteiger partial charge >= 0.3 is 0 Å². The molecule has 0 unspecified atom stereocenters. The van der Waals surface area contributed by atoms with Crippen LogP contribution in [0.1, 0.15) is 27.4 Å². The molecule has 8 heteroatoms. The first-order valence-corrected chi connectivity index (χ1v) is 11.6. The third kappa shape index (κ3) is 5.10. The Morgan fingerprint density at radius 2 is 2.00 bits per heavy atom. The number of hydrogen-bond donors (Lipinski definition) is 3. The number of nitrogens with one attached hydrogen (secondary N) is 1. The van der Waals surface area contributed by atoms with E-state index in [-0.39, 0.29) is 24.0 Å². The number of aryl methyl sites for hydroxylation is 1. The molecule has 2 aromatic carbocycles. The molecule has 4 rings (SSSR count). The van der Waals surface area contributed by atoms with E-state index >= 15 is 0 Å². The van der Waals surface area contributed by atoms with Crippen LogP contribution in [0.5, 0.6) is 5.75 Å². The number of benzene rings is 2. The fourth-order valence-electron chi connectivity index (χ4n) is 3.29. The number of aromatic hydroxyl groups is 1. The van der Waals surface area contributed by atoms with Gasteiger partial charge < -0.3 is 19.9 Å². The molecule has 1 amide bonds. The van der Waals surface area contributed by atoms with Crippen molar-refractivity contribution in [1.29, 1.82) is 0 Å². The Bertz CT molecular complexity index is 1180. The van der Waals surface area contributed by atoms with Crippen molar-refractivity contribution in [1.82, 2.24) is 10.3 Å². The Kier molecular flexibility index (Phi) is 6.60. The van der Waals surface area contributed by atoms with Gasteiger partial charge in [-0.15, -0.1) is 11.3 Å². The van der Waals surface area contributed by atoms with Gasteiger partial charge in [-0.1, -0.05) is 42.1 Å². The second-order valence-corrected chi connectivity index (χ2v) is 9.25. The number of phenols is 1. The lowest BCUT2D eigenvalue weighted by Crippen LogP contribution is -2.39. The third-order valence-corrected chi connectivity index (χ3v) is 6.98. The Balaban J connectivity index is 1.55. The molecule has 4 aromatic rings. The molecule has 0 saturated heterocycles. The lowest BCUT2D eigenvalue weighted by molar-refractivity contribution is 0.0889. The summed E-state index contributed by atoms with van der Waals surface area (Å²) in [5, 5.41) is 25.0. The van der Waals surface area contributed by atoms with Gasteiger partial charge in [-0.05, 0) is 37.1 Å². The van der Waals surface area contributed by atoms with E-state index < -0.39 is 6.04 Å². The maximum Gasteiger partial charge on any atom is 0.287 e. The molecule has 0 radical (unpaired) electrons. The average Bonchev–Trinajstić information content (AvgIpc) is 3.36. The molecule has 1 atom stereocenters. The second-order valence-electron chi connectivity index (χ2n) is 7.17. The first kappa shape index (κ1) is 21.4. The lowest BCUT2D eigenvalue weighted by Gasteiger charge is -2.16. The molecule has 0 aliphatic heterocycles. The summed E-state index contributed by atoms with van der Waals surface area (Å²) >= 11 is 3.15.